The Bertz CT molecular complexity index is 756. The summed E-state index contributed by atoms with van der Waals surface area (Å²) in [6.07, 6.45) is 0.713. The lowest BCUT2D eigenvalue weighted by atomic mass is 9.95. The molecule has 0 spiro atoms. The lowest BCUT2D eigenvalue weighted by molar-refractivity contribution is -0.116. The summed E-state index contributed by atoms with van der Waals surface area (Å²) in [5.41, 5.74) is 0.690. The molecule has 0 unspecified atom stereocenters. The number of carbonyl (C=O) groups is 2. The van der Waals surface area contributed by atoms with Crippen LogP contribution in [0.3, 0.4) is 0 Å². The number of benzene rings is 2. The Kier molecular flexibility index (Phi) is 3.25. The van der Waals surface area contributed by atoms with E-state index in [0.717, 1.165) is 12.1 Å². The Morgan fingerprint density at radius 3 is 2.52 bits per heavy atom. The molecule has 0 atom stereocenters. The molecule has 1 heterocycles. The normalized spacial score (nSPS) is 13.5. The van der Waals surface area contributed by atoms with Crippen molar-refractivity contribution in [1.82, 2.24) is 0 Å². The average molecular weight is 287 g/mol. The fourth-order valence-electron chi connectivity index (χ4n) is 2.37. The number of aryl methyl sites for hydroxylation is 1. The van der Waals surface area contributed by atoms with Gasteiger partial charge in [-0.2, -0.15) is 0 Å². The highest BCUT2D eigenvalue weighted by atomic mass is 19.1. The highest BCUT2D eigenvalue weighted by Crippen LogP contribution is 2.27. The number of fused-ring (bicyclic) bond motifs is 1. The van der Waals surface area contributed by atoms with E-state index in [0.29, 0.717) is 17.7 Å². The first-order valence-electron chi connectivity index (χ1n) is 6.48. The van der Waals surface area contributed by atoms with Crippen molar-refractivity contribution in [2.45, 2.75) is 12.8 Å². The van der Waals surface area contributed by atoms with Crippen LogP contribution in [-0.4, -0.2) is 11.7 Å². The van der Waals surface area contributed by atoms with E-state index in [2.05, 4.69) is 5.32 Å². The molecule has 0 bridgehead atoms. The van der Waals surface area contributed by atoms with Crippen LogP contribution in [0.1, 0.15) is 27.9 Å². The van der Waals surface area contributed by atoms with Gasteiger partial charge in [-0.15, -0.1) is 0 Å². The maximum atomic E-state index is 14.1. The second-order valence-corrected chi connectivity index (χ2v) is 4.85. The molecule has 2 aromatic carbocycles. The average Bonchev–Trinajstić information content (AvgIpc) is 2.46. The monoisotopic (exact) mass is 287 g/mol. The number of carbonyl (C=O) groups excluding carboxylic acids is 2. The topological polar surface area (TPSA) is 46.2 Å². The van der Waals surface area contributed by atoms with Crippen LogP contribution < -0.4 is 5.32 Å². The van der Waals surface area contributed by atoms with Crippen molar-refractivity contribution < 1.29 is 18.4 Å². The van der Waals surface area contributed by atoms with Gasteiger partial charge >= 0.3 is 0 Å². The minimum Gasteiger partial charge on any atom is -0.326 e. The summed E-state index contributed by atoms with van der Waals surface area (Å²) in [6.45, 7) is 0. The summed E-state index contributed by atoms with van der Waals surface area (Å²) in [5, 5.41) is 2.55. The third kappa shape index (κ3) is 2.42. The maximum absolute atomic E-state index is 14.1. The number of hydrogen-bond acceptors (Lipinski definition) is 2. The first-order chi connectivity index (χ1) is 10.1. The lowest BCUT2D eigenvalue weighted by Crippen LogP contribution is -2.20. The molecule has 0 saturated heterocycles. The van der Waals surface area contributed by atoms with E-state index in [9.17, 15) is 18.4 Å². The smallest absolute Gasteiger partial charge is 0.224 e. The van der Waals surface area contributed by atoms with Gasteiger partial charge in [0.1, 0.15) is 11.6 Å². The molecule has 0 aromatic heterocycles. The molecule has 5 heteroatoms. The summed E-state index contributed by atoms with van der Waals surface area (Å²) in [6, 6.07) is 7.96. The largest absolute Gasteiger partial charge is 0.326 e. The molecular weight excluding hydrogens is 276 g/mol. The number of halogens is 2. The molecule has 0 aliphatic carbocycles. The van der Waals surface area contributed by atoms with Crippen LogP contribution in [0.5, 0.6) is 0 Å². The zero-order chi connectivity index (χ0) is 15.0. The number of nitrogens with one attached hydrogen (secondary N) is 1. The second-order valence-electron chi connectivity index (χ2n) is 4.85. The molecule has 1 amide bonds. The minimum absolute atomic E-state index is 0.170. The van der Waals surface area contributed by atoms with E-state index < -0.39 is 17.4 Å². The number of amides is 1. The molecule has 21 heavy (non-hydrogen) atoms. The predicted molar refractivity (Wildman–Crippen MR) is 73.2 cm³/mol. The van der Waals surface area contributed by atoms with Crippen molar-refractivity contribution in [1.29, 1.82) is 0 Å². The van der Waals surface area contributed by atoms with Gasteiger partial charge in [0, 0.05) is 12.1 Å². The van der Waals surface area contributed by atoms with Crippen LogP contribution in [0.2, 0.25) is 0 Å². The molecule has 0 saturated carbocycles. The molecule has 1 aliphatic rings. The van der Waals surface area contributed by atoms with Gasteiger partial charge in [0.2, 0.25) is 5.91 Å². The van der Waals surface area contributed by atoms with Crippen LogP contribution in [-0.2, 0) is 11.2 Å². The molecule has 3 rings (SSSR count). The Balaban J connectivity index is 2.05. The van der Waals surface area contributed by atoms with Crippen LogP contribution in [0.15, 0.2) is 36.4 Å². The fourth-order valence-corrected chi connectivity index (χ4v) is 2.37. The highest BCUT2D eigenvalue weighted by molar-refractivity contribution is 6.10. The van der Waals surface area contributed by atoms with Gasteiger partial charge in [0.15, 0.2) is 5.78 Å². The van der Waals surface area contributed by atoms with E-state index in [1.165, 1.54) is 24.3 Å². The van der Waals surface area contributed by atoms with E-state index >= 15 is 0 Å². The van der Waals surface area contributed by atoms with Gasteiger partial charge in [-0.25, -0.2) is 8.78 Å². The van der Waals surface area contributed by atoms with Gasteiger partial charge in [0.25, 0.3) is 0 Å². The van der Waals surface area contributed by atoms with Crippen LogP contribution in [0.4, 0.5) is 14.5 Å². The Morgan fingerprint density at radius 1 is 1.00 bits per heavy atom. The minimum atomic E-state index is -0.774. The molecule has 2 aromatic rings. The molecule has 0 fully saturated rings. The fraction of sp³-hybridized carbons (Fsp3) is 0.125. The first kappa shape index (κ1) is 13.4. The van der Waals surface area contributed by atoms with Gasteiger partial charge in [-0.05, 0) is 36.2 Å². The molecule has 3 nitrogen and oxygen atoms in total. The van der Waals surface area contributed by atoms with Crippen molar-refractivity contribution >= 4 is 17.4 Å². The molecular formula is C16H11F2NO2. The molecule has 106 valence electrons. The standard InChI is InChI=1S/C16H11F2NO2/c17-12-4-2-1-3-10(12)16(21)11-7-9-5-6-15(20)19-14(9)8-13(11)18/h1-4,7-8H,5-6H2,(H,19,20). The third-order valence-electron chi connectivity index (χ3n) is 3.45. The quantitative estimate of drug-likeness (QED) is 0.863. The zero-order valence-electron chi connectivity index (χ0n) is 11.0. The Morgan fingerprint density at radius 2 is 1.76 bits per heavy atom. The lowest BCUT2D eigenvalue weighted by Gasteiger charge is -2.18. The van der Waals surface area contributed by atoms with Crippen LogP contribution >= 0.6 is 0 Å². The first-order valence-corrected chi connectivity index (χ1v) is 6.48. The second kappa shape index (κ2) is 5.09. The zero-order valence-corrected chi connectivity index (χ0v) is 11.0. The van der Waals surface area contributed by atoms with E-state index in [1.807, 2.05) is 0 Å². The SMILES string of the molecule is O=C1CCc2cc(C(=O)c3ccccc3F)c(F)cc2N1. The van der Waals surface area contributed by atoms with Crippen molar-refractivity contribution in [3.05, 3.63) is 64.7 Å². The molecule has 1 N–H and O–H groups in total. The van der Waals surface area contributed by atoms with Crippen molar-refractivity contribution in [2.24, 2.45) is 0 Å². The molecule has 0 radical (unpaired) electrons. The summed E-state index contributed by atoms with van der Waals surface area (Å²) in [4.78, 5) is 23.5. The van der Waals surface area contributed by atoms with Crippen molar-refractivity contribution in [3.63, 3.8) is 0 Å². The Labute approximate surface area is 119 Å². The predicted octanol–water partition coefficient (Wildman–Crippen LogP) is 3.08. The number of anilines is 1. The van der Waals surface area contributed by atoms with Crippen LogP contribution in [0.25, 0.3) is 0 Å². The van der Waals surface area contributed by atoms with Gasteiger partial charge < -0.3 is 5.32 Å². The van der Waals surface area contributed by atoms with Crippen LogP contribution in [0, 0.1) is 11.6 Å². The third-order valence-corrected chi connectivity index (χ3v) is 3.45. The number of rotatable bonds is 2. The summed E-state index contributed by atoms with van der Waals surface area (Å²) >= 11 is 0. The number of ketones is 1. The number of hydrogen-bond donors (Lipinski definition) is 1. The molecule has 1 aliphatic heterocycles. The summed E-state index contributed by atoms with van der Waals surface area (Å²) in [7, 11) is 0. The summed E-state index contributed by atoms with van der Waals surface area (Å²) in [5.74, 6) is -2.35. The van der Waals surface area contributed by atoms with Gasteiger partial charge in [-0.1, -0.05) is 12.1 Å². The maximum Gasteiger partial charge on any atom is 0.224 e. The highest BCUT2D eigenvalue weighted by Gasteiger charge is 2.22. The van der Waals surface area contributed by atoms with Gasteiger partial charge in [-0.3, -0.25) is 9.59 Å². The summed E-state index contributed by atoms with van der Waals surface area (Å²) < 4.78 is 27.7. The van der Waals surface area contributed by atoms with E-state index in [4.69, 9.17) is 0 Å². The Hall–Kier alpha value is -2.56. The van der Waals surface area contributed by atoms with E-state index in [1.54, 1.807) is 0 Å². The van der Waals surface area contributed by atoms with E-state index in [-0.39, 0.29) is 23.5 Å². The van der Waals surface area contributed by atoms with Crippen molar-refractivity contribution in [3.8, 4) is 0 Å². The van der Waals surface area contributed by atoms with Gasteiger partial charge in [0.05, 0.1) is 11.1 Å². The van der Waals surface area contributed by atoms with Crippen molar-refractivity contribution in [2.75, 3.05) is 5.32 Å².